The highest BCUT2D eigenvalue weighted by Gasteiger charge is 2.11. The molecule has 0 fully saturated rings. The molecule has 4 aromatic rings. The second kappa shape index (κ2) is 5.28. The van der Waals surface area contributed by atoms with Gasteiger partial charge in [-0.3, -0.25) is 4.40 Å². The number of thiazole rings is 1. The molecule has 0 aliphatic rings. The van der Waals surface area contributed by atoms with E-state index in [1.165, 1.54) is 10.4 Å². The summed E-state index contributed by atoms with van der Waals surface area (Å²) in [7, 11) is 5.78. The Morgan fingerprint density at radius 1 is 1.09 bits per heavy atom. The van der Waals surface area contributed by atoms with Crippen LogP contribution < -0.4 is 9.64 Å². The maximum atomic E-state index is 5.33. The molecule has 0 saturated carbocycles. The first-order chi connectivity index (χ1) is 11.2. The average Bonchev–Trinajstić information content (AvgIpc) is 3.12. The van der Waals surface area contributed by atoms with Crippen LogP contribution in [0, 0.1) is 0 Å². The van der Waals surface area contributed by atoms with Crippen molar-refractivity contribution >= 4 is 32.2 Å². The number of imidazole rings is 1. The summed E-state index contributed by atoms with van der Waals surface area (Å²) in [6, 6.07) is 14.6. The summed E-state index contributed by atoms with van der Waals surface area (Å²) in [5.41, 5.74) is 4.44. The highest BCUT2D eigenvalue weighted by atomic mass is 32.1. The Morgan fingerprint density at radius 2 is 1.87 bits per heavy atom. The van der Waals surface area contributed by atoms with Crippen molar-refractivity contribution in [2.45, 2.75) is 0 Å². The lowest BCUT2D eigenvalue weighted by Crippen LogP contribution is -2.07. The van der Waals surface area contributed by atoms with E-state index in [2.05, 4.69) is 51.9 Å². The minimum Gasteiger partial charge on any atom is -0.497 e. The lowest BCUT2D eigenvalue weighted by molar-refractivity contribution is 0.415. The predicted octanol–water partition coefficient (Wildman–Crippen LogP) is 4.29. The second-order valence-corrected chi connectivity index (χ2v) is 6.66. The van der Waals surface area contributed by atoms with E-state index in [4.69, 9.17) is 9.72 Å². The van der Waals surface area contributed by atoms with E-state index >= 15 is 0 Å². The minimum absolute atomic E-state index is 0.864. The third kappa shape index (κ3) is 2.33. The molecule has 2 aromatic carbocycles. The molecular weight excluding hydrogens is 306 g/mol. The van der Waals surface area contributed by atoms with Crippen LogP contribution >= 0.6 is 11.3 Å². The SMILES string of the molecule is COc1ccc2sc3nc(-c4ccc(N(C)C)cc4)cn3c2c1. The summed E-state index contributed by atoms with van der Waals surface area (Å²) in [5, 5.41) is 0. The van der Waals surface area contributed by atoms with E-state index in [1.807, 2.05) is 20.2 Å². The summed E-state index contributed by atoms with van der Waals surface area (Å²) in [5.74, 6) is 0.864. The molecule has 0 atom stereocenters. The summed E-state index contributed by atoms with van der Waals surface area (Å²) in [6.07, 6.45) is 2.10. The van der Waals surface area contributed by atoms with Gasteiger partial charge in [0.15, 0.2) is 4.96 Å². The lowest BCUT2D eigenvalue weighted by atomic mass is 10.1. The van der Waals surface area contributed by atoms with Gasteiger partial charge in [-0.05, 0) is 24.3 Å². The van der Waals surface area contributed by atoms with Crippen LogP contribution in [-0.2, 0) is 0 Å². The number of hydrogen-bond donors (Lipinski definition) is 0. The van der Waals surface area contributed by atoms with Gasteiger partial charge >= 0.3 is 0 Å². The van der Waals surface area contributed by atoms with E-state index in [0.717, 1.165) is 27.5 Å². The number of methoxy groups -OCH3 is 1. The Hall–Kier alpha value is -2.53. The highest BCUT2D eigenvalue weighted by molar-refractivity contribution is 7.23. The molecule has 2 aromatic heterocycles. The van der Waals surface area contributed by atoms with E-state index in [0.29, 0.717) is 0 Å². The zero-order chi connectivity index (χ0) is 16.0. The molecule has 23 heavy (non-hydrogen) atoms. The van der Waals surface area contributed by atoms with Crippen molar-refractivity contribution in [2.75, 3.05) is 26.1 Å². The highest BCUT2D eigenvalue weighted by Crippen LogP contribution is 2.31. The topological polar surface area (TPSA) is 29.8 Å². The molecule has 0 aliphatic heterocycles. The number of hydrogen-bond acceptors (Lipinski definition) is 4. The predicted molar refractivity (Wildman–Crippen MR) is 96.9 cm³/mol. The minimum atomic E-state index is 0.864. The normalized spacial score (nSPS) is 11.3. The molecule has 0 bridgehead atoms. The van der Waals surface area contributed by atoms with Crippen molar-refractivity contribution in [1.29, 1.82) is 0 Å². The third-order valence-electron chi connectivity index (χ3n) is 3.98. The number of rotatable bonds is 3. The van der Waals surface area contributed by atoms with Crippen LogP contribution in [0.4, 0.5) is 5.69 Å². The zero-order valence-electron chi connectivity index (χ0n) is 13.3. The van der Waals surface area contributed by atoms with Crippen molar-refractivity contribution in [1.82, 2.24) is 9.38 Å². The summed E-state index contributed by atoms with van der Waals surface area (Å²) in [4.78, 5) is 7.87. The first-order valence-electron chi connectivity index (χ1n) is 7.39. The first kappa shape index (κ1) is 14.1. The van der Waals surface area contributed by atoms with Gasteiger partial charge in [0.05, 0.1) is 23.0 Å². The molecule has 0 spiro atoms. The van der Waals surface area contributed by atoms with E-state index in [9.17, 15) is 0 Å². The molecule has 4 rings (SSSR count). The fraction of sp³-hybridized carbons (Fsp3) is 0.167. The van der Waals surface area contributed by atoms with Gasteiger partial charge in [0.2, 0.25) is 0 Å². The number of anilines is 1. The zero-order valence-corrected chi connectivity index (χ0v) is 14.1. The summed E-state index contributed by atoms with van der Waals surface area (Å²) < 4.78 is 8.68. The van der Waals surface area contributed by atoms with Crippen LogP contribution in [0.5, 0.6) is 5.75 Å². The monoisotopic (exact) mass is 323 g/mol. The average molecular weight is 323 g/mol. The van der Waals surface area contributed by atoms with Crippen LogP contribution in [0.15, 0.2) is 48.7 Å². The quantitative estimate of drug-likeness (QED) is 0.563. The fourth-order valence-corrected chi connectivity index (χ4v) is 3.66. The summed E-state index contributed by atoms with van der Waals surface area (Å²) in [6.45, 7) is 0. The summed E-state index contributed by atoms with van der Waals surface area (Å²) >= 11 is 1.69. The third-order valence-corrected chi connectivity index (χ3v) is 5.02. The molecular formula is C18H17N3OS. The molecule has 0 unspecified atom stereocenters. The Bertz CT molecular complexity index is 983. The molecule has 0 N–H and O–H groups in total. The number of benzene rings is 2. The van der Waals surface area contributed by atoms with Crippen LogP contribution in [0.2, 0.25) is 0 Å². The van der Waals surface area contributed by atoms with Gasteiger partial charge in [-0.15, -0.1) is 0 Å². The van der Waals surface area contributed by atoms with Crippen molar-refractivity contribution in [3.05, 3.63) is 48.7 Å². The number of fused-ring (bicyclic) bond motifs is 3. The van der Waals surface area contributed by atoms with E-state index < -0.39 is 0 Å². The lowest BCUT2D eigenvalue weighted by Gasteiger charge is -2.12. The van der Waals surface area contributed by atoms with Crippen LogP contribution in [0.3, 0.4) is 0 Å². The Balaban J connectivity index is 1.82. The van der Waals surface area contributed by atoms with Crippen molar-refractivity contribution in [3.8, 4) is 17.0 Å². The Kier molecular flexibility index (Phi) is 3.23. The van der Waals surface area contributed by atoms with Crippen molar-refractivity contribution < 1.29 is 4.74 Å². The van der Waals surface area contributed by atoms with Gasteiger partial charge < -0.3 is 9.64 Å². The van der Waals surface area contributed by atoms with Gasteiger partial charge in [-0.25, -0.2) is 4.98 Å². The number of nitrogens with zero attached hydrogens (tertiary/aromatic N) is 3. The fourth-order valence-electron chi connectivity index (χ4n) is 2.67. The van der Waals surface area contributed by atoms with Crippen molar-refractivity contribution in [3.63, 3.8) is 0 Å². The van der Waals surface area contributed by atoms with E-state index in [-0.39, 0.29) is 0 Å². The van der Waals surface area contributed by atoms with E-state index in [1.54, 1.807) is 18.4 Å². The van der Waals surface area contributed by atoms with Crippen molar-refractivity contribution in [2.24, 2.45) is 0 Å². The molecule has 0 amide bonds. The maximum absolute atomic E-state index is 5.33. The molecule has 116 valence electrons. The van der Waals surface area contributed by atoms with Gasteiger partial charge in [-0.2, -0.15) is 0 Å². The first-order valence-corrected chi connectivity index (χ1v) is 8.21. The van der Waals surface area contributed by atoms with Crippen LogP contribution in [0.1, 0.15) is 0 Å². The van der Waals surface area contributed by atoms with Gasteiger partial charge in [-0.1, -0.05) is 23.5 Å². The van der Waals surface area contributed by atoms with Crippen LogP contribution in [-0.4, -0.2) is 30.6 Å². The molecule has 0 radical (unpaired) electrons. The second-order valence-electron chi connectivity index (χ2n) is 5.66. The largest absolute Gasteiger partial charge is 0.497 e. The molecule has 0 aliphatic carbocycles. The van der Waals surface area contributed by atoms with Gasteiger partial charge in [0, 0.05) is 37.6 Å². The smallest absolute Gasteiger partial charge is 0.195 e. The number of ether oxygens (including phenoxy) is 1. The van der Waals surface area contributed by atoms with Crippen LogP contribution in [0.25, 0.3) is 26.4 Å². The molecule has 5 heteroatoms. The van der Waals surface area contributed by atoms with Gasteiger partial charge in [0.25, 0.3) is 0 Å². The molecule has 2 heterocycles. The Labute approximate surface area is 138 Å². The number of aromatic nitrogens is 2. The molecule has 4 nitrogen and oxygen atoms in total. The van der Waals surface area contributed by atoms with Gasteiger partial charge in [0.1, 0.15) is 5.75 Å². The standard InChI is InChI=1S/C18H17N3OS/c1-20(2)13-6-4-12(5-7-13)15-11-21-16-10-14(22-3)8-9-17(16)23-18(21)19-15/h4-11H,1-3H3. The maximum Gasteiger partial charge on any atom is 0.195 e. The Morgan fingerprint density at radius 3 is 2.57 bits per heavy atom. The molecule has 0 saturated heterocycles.